The van der Waals surface area contributed by atoms with Crippen LogP contribution in [-0.4, -0.2) is 41.6 Å². The lowest BCUT2D eigenvalue weighted by Crippen LogP contribution is -2.49. The van der Waals surface area contributed by atoms with Crippen LogP contribution in [0.4, 0.5) is 4.79 Å². The van der Waals surface area contributed by atoms with Gasteiger partial charge in [0, 0.05) is 19.6 Å². The van der Waals surface area contributed by atoms with E-state index in [-0.39, 0.29) is 23.3 Å². The van der Waals surface area contributed by atoms with E-state index in [9.17, 15) is 14.7 Å². The van der Waals surface area contributed by atoms with Crippen molar-refractivity contribution in [2.75, 3.05) is 19.6 Å². The number of carbonyl (C=O) groups excluding carboxylic acids is 1. The molecule has 0 aromatic rings. The van der Waals surface area contributed by atoms with Gasteiger partial charge >= 0.3 is 12.0 Å². The average Bonchev–Trinajstić information content (AvgIpc) is 2.43. The van der Waals surface area contributed by atoms with E-state index in [0.29, 0.717) is 6.54 Å². The van der Waals surface area contributed by atoms with Crippen LogP contribution < -0.4 is 5.32 Å². The summed E-state index contributed by atoms with van der Waals surface area (Å²) < 4.78 is 0. The number of likely N-dealkylation sites (tertiary alicyclic amines) is 1. The van der Waals surface area contributed by atoms with Crippen LogP contribution in [0.15, 0.2) is 0 Å². The van der Waals surface area contributed by atoms with E-state index in [2.05, 4.69) is 19.2 Å². The second-order valence-electron chi connectivity index (χ2n) is 7.36. The van der Waals surface area contributed by atoms with Crippen molar-refractivity contribution in [1.29, 1.82) is 0 Å². The maximum atomic E-state index is 12.3. The number of nitrogens with one attached hydrogen (secondary N) is 1. The van der Waals surface area contributed by atoms with Gasteiger partial charge in [-0.3, -0.25) is 4.79 Å². The Morgan fingerprint density at radius 2 is 1.95 bits per heavy atom. The summed E-state index contributed by atoms with van der Waals surface area (Å²) in [5, 5.41) is 12.2. The van der Waals surface area contributed by atoms with Crippen LogP contribution in [0.5, 0.6) is 0 Å². The first-order valence-corrected chi connectivity index (χ1v) is 8.15. The minimum absolute atomic E-state index is 0.0301. The van der Waals surface area contributed by atoms with Gasteiger partial charge in [-0.2, -0.15) is 0 Å². The molecule has 2 atom stereocenters. The Kier molecular flexibility index (Phi) is 5.12. The smallest absolute Gasteiger partial charge is 0.317 e. The molecule has 1 saturated carbocycles. The Labute approximate surface area is 127 Å². The molecule has 1 aliphatic heterocycles. The van der Waals surface area contributed by atoms with E-state index in [1.54, 1.807) is 0 Å². The molecule has 21 heavy (non-hydrogen) atoms. The second-order valence-corrected chi connectivity index (χ2v) is 7.36. The van der Waals surface area contributed by atoms with Crippen molar-refractivity contribution in [3.8, 4) is 0 Å². The molecule has 1 heterocycles. The molecule has 0 radical (unpaired) electrons. The van der Waals surface area contributed by atoms with E-state index in [4.69, 9.17) is 0 Å². The summed E-state index contributed by atoms with van der Waals surface area (Å²) in [6.07, 6.45) is 5.90. The quantitative estimate of drug-likeness (QED) is 0.841. The average molecular weight is 296 g/mol. The zero-order valence-electron chi connectivity index (χ0n) is 13.2. The lowest BCUT2D eigenvalue weighted by Gasteiger charge is -2.38. The Bertz CT molecular complexity index is 395. The first kappa shape index (κ1) is 16.1. The SMILES string of the molecule is CC1(C)CCCN(C(=O)NCC2CCCCC2C(=O)O)C1. The van der Waals surface area contributed by atoms with Crippen molar-refractivity contribution in [3.05, 3.63) is 0 Å². The molecule has 2 amide bonds. The van der Waals surface area contributed by atoms with Crippen LogP contribution in [-0.2, 0) is 4.79 Å². The van der Waals surface area contributed by atoms with Crippen LogP contribution in [0.1, 0.15) is 52.4 Å². The van der Waals surface area contributed by atoms with Crippen molar-refractivity contribution in [2.24, 2.45) is 17.3 Å². The summed E-state index contributed by atoms with van der Waals surface area (Å²) >= 11 is 0. The van der Waals surface area contributed by atoms with Crippen LogP contribution in [0.2, 0.25) is 0 Å². The third-order valence-corrected chi connectivity index (χ3v) is 4.93. The summed E-state index contributed by atoms with van der Waals surface area (Å²) in [6, 6.07) is -0.0301. The standard InChI is InChI=1S/C16H28N2O3/c1-16(2)8-5-9-18(11-16)15(21)17-10-12-6-3-4-7-13(12)14(19)20/h12-13H,3-11H2,1-2H3,(H,17,21)(H,19,20). The van der Waals surface area contributed by atoms with Crippen LogP contribution in [0.3, 0.4) is 0 Å². The Balaban J connectivity index is 1.84. The highest BCUT2D eigenvalue weighted by molar-refractivity contribution is 5.74. The molecule has 2 unspecified atom stereocenters. The maximum absolute atomic E-state index is 12.3. The van der Waals surface area contributed by atoms with E-state index in [0.717, 1.165) is 51.6 Å². The van der Waals surface area contributed by atoms with Crippen molar-refractivity contribution < 1.29 is 14.7 Å². The molecule has 120 valence electrons. The van der Waals surface area contributed by atoms with Gasteiger partial charge in [0.2, 0.25) is 0 Å². The fourth-order valence-corrected chi connectivity index (χ4v) is 3.70. The Morgan fingerprint density at radius 1 is 1.24 bits per heavy atom. The van der Waals surface area contributed by atoms with E-state index >= 15 is 0 Å². The highest BCUT2D eigenvalue weighted by Crippen LogP contribution is 2.30. The number of carboxylic acids is 1. The first-order chi connectivity index (χ1) is 9.89. The number of hydrogen-bond donors (Lipinski definition) is 2. The first-order valence-electron chi connectivity index (χ1n) is 8.15. The van der Waals surface area contributed by atoms with Crippen molar-refractivity contribution in [1.82, 2.24) is 10.2 Å². The number of carbonyl (C=O) groups is 2. The molecule has 0 spiro atoms. The topological polar surface area (TPSA) is 69.6 Å². The van der Waals surface area contributed by atoms with Crippen LogP contribution in [0, 0.1) is 17.3 Å². The Morgan fingerprint density at radius 3 is 2.62 bits per heavy atom. The molecule has 0 aromatic heterocycles. The minimum atomic E-state index is -0.715. The summed E-state index contributed by atoms with van der Waals surface area (Å²) in [7, 11) is 0. The number of hydrogen-bond acceptors (Lipinski definition) is 2. The largest absolute Gasteiger partial charge is 0.481 e. The van der Waals surface area contributed by atoms with E-state index in [1.807, 2.05) is 4.90 Å². The number of nitrogens with zero attached hydrogens (tertiary/aromatic N) is 1. The molecule has 2 aliphatic rings. The highest BCUT2D eigenvalue weighted by Gasteiger charge is 2.32. The number of piperidine rings is 1. The van der Waals surface area contributed by atoms with Gasteiger partial charge < -0.3 is 15.3 Å². The van der Waals surface area contributed by atoms with Gasteiger partial charge in [0.05, 0.1) is 5.92 Å². The summed E-state index contributed by atoms with van der Waals surface area (Å²) in [4.78, 5) is 25.4. The molecule has 5 heteroatoms. The van der Waals surface area contributed by atoms with Crippen molar-refractivity contribution >= 4 is 12.0 Å². The number of rotatable bonds is 3. The number of urea groups is 1. The van der Waals surface area contributed by atoms with Gasteiger partial charge in [0.25, 0.3) is 0 Å². The highest BCUT2D eigenvalue weighted by atomic mass is 16.4. The summed E-state index contributed by atoms with van der Waals surface area (Å²) in [6.45, 7) is 6.46. The lowest BCUT2D eigenvalue weighted by molar-refractivity contribution is -0.144. The molecule has 1 aliphatic carbocycles. The van der Waals surface area contributed by atoms with E-state index < -0.39 is 5.97 Å². The van der Waals surface area contributed by atoms with Gasteiger partial charge in [-0.05, 0) is 37.0 Å². The number of carboxylic acid groups (broad SMARTS) is 1. The third-order valence-electron chi connectivity index (χ3n) is 4.93. The van der Waals surface area contributed by atoms with E-state index in [1.165, 1.54) is 0 Å². The van der Waals surface area contributed by atoms with Crippen molar-refractivity contribution in [2.45, 2.75) is 52.4 Å². The zero-order chi connectivity index (χ0) is 15.5. The fraction of sp³-hybridized carbons (Fsp3) is 0.875. The van der Waals surface area contributed by atoms with Gasteiger partial charge in [-0.25, -0.2) is 4.79 Å². The van der Waals surface area contributed by atoms with Gasteiger partial charge in [0.1, 0.15) is 0 Å². The fourth-order valence-electron chi connectivity index (χ4n) is 3.70. The predicted octanol–water partition coefficient (Wildman–Crippen LogP) is 2.71. The molecule has 1 saturated heterocycles. The van der Waals surface area contributed by atoms with Crippen LogP contribution >= 0.6 is 0 Å². The molecule has 5 nitrogen and oxygen atoms in total. The zero-order valence-corrected chi connectivity index (χ0v) is 13.2. The molecule has 2 N–H and O–H groups in total. The number of amides is 2. The molecular weight excluding hydrogens is 268 g/mol. The van der Waals surface area contributed by atoms with Gasteiger partial charge in [0.15, 0.2) is 0 Å². The summed E-state index contributed by atoms with van der Waals surface area (Å²) in [5.41, 5.74) is 0.185. The third kappa shape index (κ3) is 4.35. The molecule has 0 aromatic carbocycles. The monoisotopic (exact) mass is 296 g/mol. The number of aliphatic carboxylic acids is 1. The van der Waals surface area contributed by atoms with Gasteiger partial charge in [-0.15, -0.1) is 0 Å². The van der Waals surface area contributed by atoms with Gasteiger partial charge in [-0.1, -0.05) is 26.7 Å². The lowest BCUT2D eigenvalue weighted by atomic mass is 9.79. The summed E-state index contributed by atoms with van der Waals surface area (Å²) in [5.74, 6) is -0.928. The second kappa shape index (κ2) is 6.67. The Hall–Kier alpha value is -1.26. The molecule has 2 fully saturated rings. The minimum Gasteiger partial charge on any atom is -0.481 e. The van der Waals surface area contributed by atoms with Crippen molar-refractivity contribution in [3.63, 3.8) is 0 Å². The molecule has 0 bridgehead atoms. The maximum Gasteiger partial charge on any atom is 0.317 e. The molecular formula is C16H28N2O3. The van der Waals surface area contributed by atoms with Crippen LogP contribution in [0.25, 0.3) is 0 Å². The molecule has 2 rings (SSSR count). The normalized spacial score (nSPS) is 29.0. The predicted molar refractivity (Wildman–Crippen MR) is 81.1 cm³/mol.